The predicted octanol–water partition coefficient (Wildman–Crippen LogP) is 0.540. The number of nitrogens with zero attached hydrogens (tertiary/aromatic N) is 1. The van der Waals surface area contributed by atoms with Gasteiger partial charge in [-0.1, -0.05) is 0 Å². The Kier molecular flexibility index (Phi) is 4.99. The lowest BCUT2D eigenvalue weighted by Gasteiger charge is -2.30. The molecule has 0 radical (unpaired) electrons. The van der Waals surface area contributed by atoms with Crippen LogP contribution >= 0.6 is 0 Å². The van der Waals surface area contributed by atoms with Gasteiger partial charge in [-0.3, -0.25) is 4.79 Å². The van der Waals surface area contributed by atoms with Crippen LogP contribution in [0.5, 0.6) is 0 Å². The van der Waals surface area contributed by atoms with E-state index in [-0.39, 0.29) is 11.9 Å². The van der Waals surface area contributed by atoms with Gasteiger partial charge < -0.3 is 20.0 Å². The molecular formula is C14H23N3O2. The van der Waals surface area contributed by atoms with E-state index in [2.05, 4.69) is 22.6 Å². The zero-order valence-electron chi connectivity index (χ0n) is 11.7. The molecule has 1 unspecified atom stereocenters. The second-order valence-electron chi connectivity index (χ2n) is 5.23. The molecule has 2 heterocycles. The Morgan fingerprint density at radius 2 is 2.42 bits per heavy atom. The van der Waals surface area contributed by atoms with Crippen LogP contribution < -0.4 is 10.6 Å². The Morgan fingerprint density at radius 3 is 3.11 bits per heavy atom. The molecular weight excluding hydrogens is 242 g/mol. The SMILES string of the molecule is Cc1ccc(CCNC(=O)CC2CN(C)CCN2)o1. The summed E-state index contributed by atoms with van der Waals surface area (Å²) in [5.74, 6) is 1.94. The van der Waals surface area contributed by atoms with Gasteiger partial charge in [0.05, 0.1) is 0 Å². The Balaban J connectivity index is 1.64. The van der Waals surface area contributed by atoms with Crippen molar-refractivity contribution in [2.75, 3.05) is 33.2 Å². The minimum atomic E-state index is 0.107. The third kappa shape index (κ3) is 4.69. The first kappa shape index (κ1) is 14.1. The zero-order chi connectivity index (χ0) is 13.7. The van der Waals surface area contributed by atoms with Crippen LogP contribution in [-0.2, 0) is 11.2 Å². The minimum Gasteiger partial charge on any atom is -0.466 e. The normalized spacial score (nSPS) is 20.4. The third-order valence-corrected chi connectivity index (χ3v) is 3.38. The van der Waals surface area contributed by atoms with Gasteiger partial charge in [0.1, 0.15) is 11.5 Å². The zero-order valence-corrected chi connectivity index (χ0v) is 11.7. The number of carbonyl (C=O) groups is 1. The van der Waals surface area contributed by atoms with Crippen LogP contribution in [0, 0.1) is 6.92 Å². The van der Waals surface area contributed by atoms with Crippen LogP contribution in [-0.4, -0.2) is 50.1 Å². The second kappa shape index (κ2) is 6.73. The molecule has 0 bridgehead atoms. The van der Waals surface area contributed by atoms with Gasteiger partial charge in [-0.2, -0.15) is 0 Å². The van der Waals surface area contributed by atoms with E-state index in [9.17, 15) is 4.79 Å². The molecule has 2 N–H and O–H groups in total. The van der Waals surface area contributed by atoms with Gasteiger partial charge in [-0.05, 0) is 26.1 Å². The van der Waals surface area contributed by atoms with Crippen LogP contribution in [0.2, 0.25) is 0 Å². The topological polar surface area (TPSA) is 57.5 Å². The molecule has 5 nitrogen and oxygen atoms in total. The summed E-state index contributed by atoms with van der Waals surface area (Å²) in [6.07, 6.45) is 1.29. The molecule has 106 valence electrons. The minimum absolute atomic E-state index is 0.107. The highest BCUT2D eigenvalue weighted by molar-refractivity contribution is 5.76. The maximum Gasteiger partial charge on any atom is 0.221 e. The highest BCUT2D eigenvalue weighted by atomic mass is 16.3. The average molecular weight is 265 g/mol. The molecule has 0 spiro atoms. The van der Waals surface area contributed by atoms with Gasteiger partial charge >= 0.3 is 0 Å². The second-order valence-corrected chi connectivity index (χ2v) is 5.23. The van der Waals surface area contributed by atoms with Crippen LogP contribution in [0.15, 0.2) is 16.5 Å². The number of nitrogens with one attached hydrogen (secondary N) is 2. The molecule has 1 aliphatic rings. The summed E-state index contributed by atoms with van der Waals surface area (Å²) in [6, 6.07) is 4.17. The van der Waals surface area contributed by atoms with Crippen LogP contribution in [0.1, 0.15) is 17.9 Å². The molecule has 0 aliphatic carbocycles. The summed E-state index contributed by atoms with van der Waals surface area (Å²) in [5.41, 5.74) is 0. The van der Waals surface area contributed by atoms with Crippen molar-refractivity contribution in [3.8, 4) is 0 Å². The lowest BCUT2D eigenvalue weighted by molar-refractivity contribution is -0.121. The fourth-order valence-corrected chi connectivity index (χ4v) is 2.37. The molecule has 1 fully saturated rings. The molecule has 1 amide bonds. The Hall–Kier alpha value is -1.33. The largest absolute Gasteiger partial charge is 0.466 e. The number of furan rings is 1. The van der Waals surface area contributed by atoms with Crippen molar-refractivity contribution in [3.63, 3.8) is 0 Å². The summed E-state index contributed by atoms with van der Waals surface area (Å²) in [5, 5.41) is 6.32. The van der Waals surface area contributed by atoms with Gasteiger partial charge in [0.25, 0.3) is 0 Å². The Bertz CT molecular complexity index is 417. The van der Waals surface area contributed by atoms with E-state index < -0.39 is 0 Å². The van der Waals surface area contributed by atoms with E-state index >= 15 is 0 Å². The smallest absolute Gasteiger partial charge is 0.221 e. The molecule has 1 saturated heterocycles. The van der Waals surface area contributed by atoms with E-state index in [1.54, 1.807) is 0 Å². The van der Waals surface area contributed by atoms with Gasteiger partial charge in [0.2, 0.25) is 5.91 Å². The monoisotopic (exact) mass is 265 g/mol. The molecule has 19 heavy (non-hydrogen) atoms. The van der Waals surface area contributed by atoms with Crippen molar-refractivity contribution in [3.05, 3.63) is 23.7 Å². The quantitative estimate of drug-likeness (QED) is 0.816. The maximum atomic E-state index is 11.8. The lowest BCUT2D eigenvalue weighted by atomic mass is 10.1. The number of rotatable bonds is 5. The lowest BCUT2D eigenvalue weighted by Crippen LogP contribution is -2.50. The van der Waals surface area contributed by atoms with Crippen molar-refractivity contribution >= 4 is 5.91 Å². The molecule has 1 atom stereocenters. The number of aryl methyl sites for hydroxylation is 1. The number of likely N-dealkylation sites (N-methyl/N-ethyl adjacent to an activating group) is 1. The van der Waals surface area contributed by atoms with Gasteiger partial charge in [-0.25, -0.2) is 0 Å². The van der Waals surface area contributed by atoms with Gasteiger partial charge in [-0.15, -0.1) is 0 Å². The van der Waals surface area contributed by atoms with Crippen molar-refractivity contribution in [2.45, 2.75) is 25.8 Å². The fraction of sp³-hybridized carbons (Fsp3) is 0.643. The fourth-order valence-electron chi connectivity index (χ4n) is 2.37. The van der Waals surface area contributed by atoms with Crippen LogP contribution in [0.25, 0.3) is 0 Å². The summed E-state index contributed by atoms with van der Waals surface area (Å²) in [6.45, 7) is 5.50. The number of hydrogen-bond donors (Lipinski definition) is 2. The maximum absolute atomic E-state index is 11.8. The number of carbonyl (C=O) groups excluding carboxylic acids is 1. The van der Waals surface area contributed by atoms with Gasteiger partial charge in [0, 0.05) is 45.1 Å². The first-order valence-corrected chi connectivity index (χ1v) is 6.87. The Labute approximate surface area is 114 Å². The van der Waals surface area contributed by atoms with E-state index in [4.69, 9.17) is 4.42 Å². The molecule has 0 aromatic carbocycles. The number of hydrogen-bond acceptors (Lipinski definition) is 4. The van der Waals surface area contributed by atoms with Crippen LogP contribution in [0.3, 0.4) is 0 Å². The van der Waals surface area contributed by atoms with Crippen molar-refractivity contribution < 1.29 is 9.21 Å². The summed E-state index contributed by atoms with van der Waals surface area (Å²) < 4.78 is 5.46. The standard InChI is InChI=1S/C14H23N3O2/c1-11-3-4-13(19-11)5-6-16-14(18)9-12-10-17(2)8-7-15-12/h3-4,12,15H,5-10H2,1-2H3,(H,16,18). The predicted molar refractivity (Wildman–Crippen MR) is 74.1 cm³/mol. The van der Waals surface area contributed by atoms with Gasteiger partial charge in [0.15, 0.2) is 0 Å². The molecule has 5 heteroatoms. The highest BCUT2D eigenvalue weighted by Crippen LogP contribution is 2.06. The average Bonchev–Trinajstić information content (AvgIpc) is 2.75. The van der Waals surface area contributed by atoms with Crippen molar-refractivity contribution in [1.29, 1.82) is 0 Å². The molecule has 0 saturated carbocycles. The first-order chi connectivity index (χ1) is 9.13. The van der Waals surface area contributed by atoms with Crippen molar-refractivity contribution in [2.24, 2.45) is 0 Å². The molecule has 2 rings (SSSR count). The third-order valence-electron chi connectivity index (χ3n) is 3.38. The summed E-state index contributed by atoms with van der Waals surface area (Å²) in [7, 11) is 2.09. The molecule has 1 aromatic heterocycles. The highest BCUT2D eigenvalue weighted by Gasteiger charge is 2.18. The van der Waals surface area contributed by atoms with E-state index in [1.165, 1.54) is 0 Å². The van der Waals surface area contributed by atoms with E-state index in [0.717, 1.165) is 37.6 Å². The van der Waals surface area contributed by atoms with E-state index in [0.29, 0.717) is 13.0 Å². The Morgan fingerprint density at radius 1 is 1.58 bits per heavy atom. The molecule has 1 aliphatic heterocycles. The van der Waals surface area contributed by atoms with Crippen molar-refractivity contribution in [1.82, 2.24) is 15.5 Å². The number of amides is 1. The number of piperazine rings is 1. The first-order valence-electron chi connectivity index (χ1n) is 6.87. The summed E-state index contributed by atoms with van der Waals surface area (Å²) in [4.78, 5) is 14.1. The molecule has 1 aromatic rings. The van der Waals surface area contributed by atoms with Crippen LogP contribution in [0.4, 0.5) is 0 Å². The summed E-state index contributed by atoms with van der Waals surface area (Å²) >= 11 is 0. The van der Waals surface area contributed by atoms with E-state index in [1.807, 2.05) is 19.1 Å².